The van der Waals surface area contributed by atoms with E-state index < -0.39 is 10.0 Å². The molecule has 0 saturated heterocycles. The van der Waals surface area contributed by atoms with Gasteiger partial charge in [-0.05, 0) is 55.9 Å². The van der Waals surface area contributed by atoms with Gasteiger partial charge in [-0.15, -0.1) is 0 Å². The van der Waals surface area contributed by atoms with Crippen molar-refractivity contribution in [1.82, 2.24) is 0 Å². The van der Waals surface area contributed by atoms with Gasteiger partial charge in [-0.2, -0.15) is 0 Å². The second kappa shape index (κ2) is 6.75. The van der Waals surface area contributed by atoms with E-state index in [1.165, 1.54) is 0 Å². The van der Waals surface area contributed by atoms with E-state index in [-0.39, 0.29) is 0 Å². The molecule has 4 heteroatoms. The summed E-state index contributed by atoms with van der Waals surface area (Å²) in [4.78, 5) is 0.377. The first-order valence-corrected chi connectivity index (χ1v) is 9.44. The Balaban J connectivity index is 2.49. The summed E-state index contributed by atoms with van der Waals surface area (Å²) in [5.74, 6) is 0.300. The van der Waals surface area contributed by atoms with E-state index in [1.54, 1.807) is 0 Å². The van der Waals surface area contributed by atoms with Gasteiger partial charge in [-0.25, -0.2) is 8.42 Å². The monoisotopic (exact) mass is 331 g/mol. The molecular weight excluding hydrogens is 306 g/mol. The molecule has 0 saturated carbocycles. The van der Waals surface area contributed by atoms with E-state index in [4.69, 9.17) is 0 Å². The van der Waals surface area contributed by atoms with Crippen LogP contribution < -0.4 is 4.72 Å². The standard InChI is InChI=1S/C19H25NO2S/c1-6-14(3)17-9-7-8-10-18(17)20-23(21,22)19-15(4)11-13(2)12-16(19)5/h7-12,14,20H,6H2,1-5H3. The number of rotatable bonds is 5. The van der Waals surface area contributed by atoms with Crippen LogP contribution in [0.1, 0.15) is 48.4 Å². The lowest BCUT2D eigenvalue weighted by atomic mass is 9.97. The van der Waals surface area contributed by atoms with Gasteiger partial charge >= 0.3 is 0 Å². The molecule has 0 heterocycles. The van der Waals surface area contributed by atoms with Gasteiger partial charge in [-0.1, -0.05) is 49.7 Å². The normalized spacial score (nSPS) is 12.9. The van der Waals surface area contributed by atoms with Crippen LogP contribution in [-0.4, -0.2) is 8.42 Å². The van der Waals surface area contributed by atoms with Crippen LogP contribution in [0, 0.1) is 20.8 Å². The molecule has 0 aliphatic rings. The Morgan fingerprint density at radius 2 is 1.61 bits per heavy atom. The van der Waals surface area contributed by atoms with Crippen molar-refractivity contribution in [3.63, 3.8) is 0 Å². The number of hydrogen-bond acceptors (Lipinski definition) is 2. The number of sulfonamides is 1. The summed E-state index contributed by atoms with van der Waals surface area (Å²) in [6.07, 6.45) is 0.960. The van der Waals surface area contributed by atoms with Crippen molar-refractivity contribution in [2.45, 2.75) is 51.9 Å². The van der Waals surface area contributed by atoms with Gasteiger partial charge in [0.05, 0.1) is 10.6 Å². The fourth-order valence-corrected chi connectivity index (χ4v) is 4.57. The Hall–Kier alpha value is -1.81. The topological polar surface area (TPSA) is 46.2 Å². The van der Waals surface area contributed by atoms with Crippen LogP contribution in [0.2, 0.25) is 0 Å². The molecule has 2 aromatic rings. The maximum Gasteiger partial charge on any atom is 0.262 e. The molecule has 0 radical (unpaired) electrons. The molecule has 0 amide bonds. The zero-order valence-electron chi connectivity index (χ0n) is 14.5. The van der Waals surface area contributed by atoms with Crippen LogP contribution in [-0.2, 0) is 10.0 Å². The fourth-order valence-electron chi connectivity index (χ4n) is 3.03. The van der Waals surface area contributed by atoms with Crippen molar-refractivity contribution in [2.75, 3.05) is 4.72 Å². The Kier molecular flexibility index (Phi) is 5.15. The fraction of sp³-hybridized carbons (Fsp3) is 0.368. The van der Waals surface area contributed by atoms with Crippen molar-refractivity contribution < 1.29 is 8.42 Å². The number of nitrogens with one attached hydrogen (secondary N) is 1. The summed E-state index contributed by atoms with van der Waals surface area (Å²) in [5, 5.41) is 0. The van der Waals surface area contributed by atoms with Crippen LogP contribution in [0.15, 0.2) is 41.3 Å². The lowest BCUT2D eigenvalue weighted by Crippen LogP contribution is -2.17. The second-order valence-corrected chi connectivity index (χ2v) is 7.85. The van der Waals surface area contributed by atoms with Crippen molar-refractivity contribution >= 4 is 15.7 Å². The van der Waals surface area contributed by atoms with Gasteiger partial charge in [0.1, 0.15) is 0 Å². The molecule has 0 fully saturated rings. The SMILES string of the molecule is CCC(C)c1ccccc1NS(=O)(=O)c1c(C)cc(C)cc1C. The molecule has 0 aromatic heterocycles. The van der Waals surface area contributed by atoms with Gasteiger partial charge in [0.15, 0.2) is 0 Å². The summed E-state index contributed by atoms with van der Waals surface area (Å²) < 4.78 is 28.6. The van der Waals surface area contributed by atoms with E-state index in [2.05, 4.69) is 18.6 Å². The van der Waals surface area contributed by atoms with Gasteiger partial charge < -0.3 is 0 Å². The Morgan fingerprint density at radius 1 is 1.04 bits per heavy atom. The zero-order chi connectivity index (χ0) is 17.2. The first kappa shape index (κ1) is 17.5. The van der Waals surface area contributed by atoms with Crippen LogP contribution in [0.3, 0.4) is 0 Å². The van der Waals surface area contributed by atoms with Crippen molar-refractivity contribution in [1.29, 1.82) is 0 Å². The quantitative estimate of drug-likeness (QED) is 0.844. The maximum absolute atomic E-state index is 12.9. The predicted octanol–water partition coefficient (Wildman–Crippen LogP) is 4.93. The molecule has 3 nitrogen and oxygen atoms in total. The smallest absolute Gasteiger partial charge is 0.262 e. The number of hydrogen-bond donors (Lipinski definition) is 1. The van der Waals surface area contributed by atoms with E-state index in [1.807, 2.05) is 57.2 Å². The molecule has 0 aliphatic carbocycles. The largest absolute Gasteiger partial charge is 0.279 e. The van der Waals surface area contributed by atoms with E-state index in [0.29, 0.717) is 16.5 Å². The molecule has 1 N–H and O–H groups in total. The highest BCUT2D eigenvalue weighted by Gasteiger charge is 2.21. The van der Waals surface area contributed by atoms with Crippen LogP contribution >= 0.6 is 0 Å². The molecular formula is C19H25NO2S. The van der Waals surface area contributed by atoms with Crippen molar-refractivity contribution in [3.8, 4) is 0 Å². The summed E-state index contributed by atoms with van der Waals surface area (Å²) in [6.45, 7) is 9.87. The number of benzene rings is 2. The highest BCUT2D eigenvalue weighted by atomic mass is 32.2. The Morgan fingerprint density at radius 3 is 2.17 bits per heavy atom. The molecule has 2 aromatic carbocycles. The Bertz CT molecular complexity index is 787. The van der Waals surface area contributed by atoms with Crippen LogP contribution in [0.25, 0.3) is 0 Å². The third kappa shape index (κ3) is 3.75. The second-order valence-electron chi connectivity index (χ2n) is 6.23. The minimum Gasteiger partial charge on any atom is -0.279 e. The minimum atomic E-state index is -3.61. The summed E-state index contributed by atoms with van der Waals surface area (Å²) in [6, 6.07) is 11.4. The van der Waals surface area contributed by atoms with Crippen LogP contribution in [0.4, 0.5) is 5.69 Å². The number of aryl methyl sites for hydroxylation is 3. The van der Waals surface area contributed by atoms with Crippen LogP contribution in [0.5, 0.6) is 0 Å². The molecule has 2 rings (SSSR count). The van der Waals surface area contributed by atoms with Crippen molar-refractivity contribution in [2.24, 2.45) is 0 Å². The number of anilines is 1. The molecule has 1 unspecified atom stereocenters. The van der Waals surface area contributed by atoms with E-state index >= 15 is 0 Å². The Labute approximate surface area is 139 Å². The summed E-state index contributed by atoms with van der Waals surface area (Å²) in [7, 11) is -3.61. The average molecular weight is 331 g/mol. The molecule has 124 valence electrons. The molecule has 1 atom stereocenters. The number of para-hydroxylation sites is 1. The minimum absolute atomic E-state index is 0.300. The lowest BCUT2D eigenvalue weighted by Gasteiger charge is -2.18. The first-order chi connectivity index (χ1) is 10.8. The highest BCUT2D eigenvalue weighted by Crippen LogP contribution is 2.30. The van der Waals surface area contributed by atoms with Gasteiger partial charge in [0, 0.05) is 0 Å². The molecule has 23 heavy (non-hydrogen) atoms. The van der Waals surface area contributed by atoms with E-state index in [0.717, 1.165) is 28.7 Å². The molecule has 0 aliphatic heterocycles. The van der Waals surface area contributed by atoms with E-state index in [9.17, 15) is 8.42 Å². The highest BCUT2D eigenvalue weighted by molar-refractivity contribution is 7.92. The first-order valence-electron chi connectivity index (χ1n) is 7.96. The zero-order valence-corrected chi connectivity index (χ0v) is 15.3. The third-order valence-corrected chi connectivity index (χ3v) is 5.89. The van der Waals surface area contributed by atoms with Gasteiger partial charge in [0.2, 0.25) is 0 Å². The summed E-state index contributed by atoms with van der Waals surface area (Å²) in [5.41, 5.74) is 4.31. The maximum atomic E-state index is 12.9. The summed E-state index contributed by atoms with van der Waals surface area (Å²) >= 11 is 0. The molecule has 0 spiro atoms. The lowest BCUT2D eigenvalue weighted by molar-refractivity contribution is 0.600. The third-order valence-electron chi connectivity index (χ3n) is 4.22. The predicted molar refractivity (Wildman–Crippen MR) is 96.6 cm³/mol. The van der Waals surface area contributed by atoms with Gasteiger partial charge in [-0.3, -0.25) is 4.72 Å². The van der Waals surface area contributed by atoms with Gasteiger partial charge in [0.25, 0.3) is 10.0 Å². The molecule has 0 bridgehead atoms. The van der Waals surface area contributed by atoms with Crippen molar-refractivity contribution in [3.05, 3.63) is 58.7 Å². The average Bonchev–Trinajstić information content (AvgIpc) is 2.45.